The van der Waals surface area contributed by atoms with Crippen molar-refractivity contribution >= 4 is 5.97 Å². The van der Waals surface area contributed by atoms with Crippen molar-refractivity contribution in [1.82, 2.24) is 0 Å². The van der Waals surface area contributed by atoms with Crippen molar-refractivity contribution in [2.75, 3.05) is 0 Å². The molecule has 0 radical (unpaired) electrons. The van der Waals surface area contributed by atoms with Gasteiger partial charge in [0.1, 0.15) is 0 Å². The van der Waals surface area contributed by atoms with Crippen LogP contribution in [-0.2, 0) is 4.79 Å². The van der Waals surface area contributed by atoms with E-state index in [2.05, 4.69) is 45.1 Å². The number of hydrogen-bond donors (Lipinski definition) is 1. The Morgan fingerprint density at radius 3 is 1.75 bits per heavy atom. The third-order valence-corrected chi connectivity index (χ3v) is 4.33. The van der Waals surface area contributed by atoms with E-state index < -0.39 is 5.97 Å². The molecule has 140 valence electrons. The van der Waals surface area contributed by atoms with Gasteiger partial charge in [0, 0.05) is 11.8 Å². The van der Waals surface area contributed by atoms with E-state index in [0.29, 0.717) is 0 Å². The topological polar surface area (TPSA) is 37.3 Å². The molecule has 0 rings (SSSR count). The highest BCUT2D eigenvalue weighted by Gasteiger charge is 2.07. The molecule has 0 bridgehead atoms. The Bertz CT molecular complexity index is 353. The number of unbranched alkanes of at least 4 members (excludes halogenated alkanes) is 10. The van der Waals surface area contributed by atoms with Gasteiger partial charge in [0.25, 0.3) is 0 Å². The summed E-state index contributed by atoms with van der Waals surface area (Å²) in [4.78, 5) is 10.5. The summed E-state index contributed by atoms with van der Waals surface area (Å²) in [5.74, 6) is -0.705. The van der Waals surface area contributed by atoms with Crippen molar-refractivity contribution in [3.63, 3.8) is 0 Å². The molecular formula is C22H40O2. The number of rotatable bonds is 16. The summed E-state index contributed by atoms with van der Waals surface area (Å²) in [6, 6.07) is 0. The van der Waals surface area contributed by atoms with Crippen LogP contribution in [0.3, 0.4) is 0 Å². The Kier molecular flexibility index (Phi) is 14.8. The fraction of sp³-hybridized carbons (Fsp3) is 0.773. The second-order valence-corrected chi connectivity index (χ2v) is 7.53. The Morgan fingerprint density at radius 1 is 0.792 bits per heavy atom. The normalized spacial score (nSPS) is 12.5. The number of carboxylic acid groups (broad SMARTS) is 1. The van der Waals surface area contributed by atoms with Crippen LogP contribution in [0.5, 0.6) is 0 Å². The molecule has 0 aromatic carbocycles. The molecule has 0 amide bonds. The zero-order chi connectivity index (χ0) is 18.1. The minimum absolute atomic E-state index is 0.0719. The lowest BCUT2D eigenvalue weighted by atomic mass is 9.91. The van der Waals surface area contributed by atoms with Crippen LogP contribution in [0.4, 0.5) is 0 Å². The lowest BCUT2D eigenvalue weighted by Gasteiger charge is -2.14. The van der Waals surface area contributed by atoms with Crippen LogP contribution in [0.15, 0.2) is 24.3 Å². The SMILES string of the molecule is CCCCCCCCCCC/C=C\C(C)(C)/C=C/CCCC(=O)O. The molecular weight excluding hydrogens is 296 g/mol. The van der Waals surface area contributed by atoms with E-state index in [1.807, 2.05) is 0 Å². The van der Waals surface area contributed by atoms with Crippen LogP contribution < -0.4 is 0 Å². The van der Waals surface area contributed by atoms with Crippen LogP contribution in [-0.4, -0.2) is 11.1 Å². The fourth-order valence-corrected chi connectivity index (χ4v) is 2.77. The summed E-state index contributed by atoms with van der Waals surface area (Å²) in [5.41, 5.74) is 0.0719. The Morgan fingerprint density at radius 2 is 1.25 bits per heavy atom. The van der Waals surface area contributed by atoms with Crippen LogP contribution in [0.2, 0.25) is 0 Å². The average molecular weight is 337 g/mol. The Labute approximate surface area is 150 Å². The third-order valence-electron chi connectivity index (χ3n) is 4.33. The van der Waals surface area contributed by atoms with Gasteiger partial charge < -0.3 is 5.11 Å². The monoisotopic (exact) mass is 336 g/mol. The maximum atomic E-state index is 10.5. The average Bonchev–Trinajstić information content (AvgIpc) is 2.52. The molecule has 0 unspecified atom stereocenters. The van der Waals surface area contributed by atoms with Gasteiger partial charge in [-0.05, 0) is 25.7 Å². The minimum atomic E-state index is -0.705. The molecule has 0 atom stereocenters. The highest BCUT2D eigenvalue weighted by atomic mass is 16.4. The van der Waals surface area contributed by atoms with Gasteiger partial charge in [-0.15, -0.1) is 0 Å². The first-order valence-corrected chi connectivity index (χ1v) is 10.0. The molecule has 0 spiro atoms. The molecule has 1 N–H and O–H groups in total. The van der Waals surface area contributed by atoms with Crippen molar-refractivity contribution in [1.29, 1.82) is 0 Å². The second kappa shape index (κ2) is 15.5. The number of carboxylic acids is 1. The molecule has 0 aromatic heterocycles. The van der Waals surface area contributed by atoms with Crippen molar-refractivity contribution in [2.24, 2.45) is 5.41 Å². The summed E-state index contributed by atoms with van der Waals surface area (Å²) in [5, 5.41) is 8.61. The zero-order valence-corrected chi connectivity index (χ0v) is 16.4. The molecule has 24 heavy (non-hydrogen) atoms. The highest BCUT2D eigenvalue weighted by molar-refractivity contribution is 5.66. The van der Waals surface area contributed by atoms with Crippen LogP contribution in [0.1, 0.15) is 104 Å². The van der Waals surface area contributed by atoms with Gasteiger partial charge in [-0.3, -0.25) is 4.79 Å². The molecule has 2 heteroatoms. The first kappa shape index (κ1) is 22.9. The number of hydrogen-bond acceptors (Lipinski definition) is 1. The molecule has 0 saturated heterocycles. The van der Waals surface area contributed by atoms with Crippen LogP contribution in [0.25, 0.3) is 0 Å². The molecule has 0 aromatic rings. The first-order valence-electron chi connectivity index (χ1n) is 10.0. The predicted molar refractivity (Wildman–Crippen MR) is 105 cm³/mol. The minimum Gasteiger partial charge on any atom is -0.481 e. The molecule has 2 nitrogen and oxygen atoms in total. The first-order chi connectivity index (χ1) is 11.5. The van der Waals surface area contributed by atoms with Gasteiger partial charge in [-0.25, -0.2) is 0 Å². The highest BCUT2D eigenvalue weighted by Crippen LogP contribution is 2.20. The lowest BCUT2D eigenvalue weighted by Crippen LogP contribution is -2.02. The van der Waals surface area contributed by atoms with Gasteiger partial charge in [0.2, 0.25) is 0 Å². The quantitative estimate of drug-likeness (QED) is 0.237. The van der Waals surface area contributed by atoms with Gasteiger partial charge in [0.15, 0.2) is 0 Å². The van der Waals surface area contributed by atoms with Gasteiger partial charge in [0.05, 0.1) is 0 Å². The van der Waals surface area contributed by atoms with Crippen LogP contribution in [0, 0.1) is 5.41 Å². The zero-order valence-electron chi connectivity index (χ0n) is 16.4. The van der Waals surface area contributed by atoms with E-state index in [0.717, 1.165) is 12.8 Å². The van der Waals surface area contributed by atoms with Crippen molar-refractivity contribution in [3.05, 3.63) is 24.3 Å². The maximum absolute atomic E-state index is 10.5. The Balaban J connectivity index is 3.59. The van der Waals surface area contributed by atoms with Crippen LogP contribution >= 0.6 is 0 Å². The maximum Gasteiger partial charge on any atom is 0.303 e. The molecule has 0 aliphatic heterocycles. The molecule has 0 aliphatic carbocycles. The fourth-order valence-electron chi connectivity index (χ4n) is 2.77. The molecule has 0 aliphatic rings. The summed E-state index contributed by atoms with van der Waals surface area (Å²) in [7, 11) is 0. The number of aliphatic carboxylic acids is 1. The molecule has 0 heterocycles. The van der Waals surface area contributed by atoms with E-state index >= 15 is 0 Å². The second-order valence-electron chi connectivity index (χ2n) is 7.53. The van der Waals surface area contributed by atoms with Crippen molar-refractivity contribution < 1.29 is 9.90 Å². The largest absolute Gasteiger partial charge is 0.481 e. The van der Waals surface area contributed by atoms with Crippen molar-refractivity contribution in [3.8, 4) is 0 Å². The number of carbonyl (C=O) groups is 1. The third kappa shape index (κ3) is 17.3. The lowest BCUT2D eigenvalue weighted by molar-refractivity contribution is -0.137. The summed E-state index contributed by atoms with van der Waals surface area (Å²) < 4.78 is 0. The predicted octanol–water partition coefficient (Wildman–Crippen LogP) is 7.30. The molecule has 0 saturated carbocycles. The standard InChI is InChI=1S/C22H40O2/c1-4-5-6-7-8-9-10-11-12-13-16-19-22(2,3)20-17-14-15-18-21(23)24/h16-17,19-20H,4-15,18H2,1-3H3,(H,23,24)/b19-16-,20-17+. The van der Waals surface area contributed by atoms with Gasteiger partial charge in [-0.1, -0.05) is 96.4 Å². The Hall–Kier alpha value is -1.05. The summed E-state index contributed by atoms with van der Waals surface area (Å²) in [6.07, 6.45) is 24.3. The van der Waals surface area contributed by atoms with E-state index in [1.165, 1.54) is 64.2 Å². The van der Waals surface area contributed by atoms with Gasteiger partial charge >= 0.3 is 5.97 Å². The van der Waals surface area contributed by atoms with Crippen molar-refractivity contribution in [2.45, 2.75) is 104 Å². The van der Waals surface area contributed by atoms with E-state index in [4.69, 9.17) is 5.11 Å². The van der Waals surface area contributed by atoms with E-state index in [-0.39, 0.29) is 11.8 Å². The van der Waals surface area contributed by atoms with E-state index in [9.17, 15) is 4.79 Å². The van der Waals surface area contributed by atoms with Gasteiger partial charge in [-0.2, -0.15) is 0 Å². The van der Waals surface area contributed by atoms with E-state index in [1.54, 1.807) is 0 Å². The summed E-state index contributed by atoms with van der Waals surface area (Å²) >= 11 is 0. The summed E-state index contributed by atoms with van der Waals surface area (Å²) in [6.45, 7) is 6.67. The molecule has 0 fully saturated rings. The smallest absolute Gasteiger partial charge is 0.303 e. The number of allylic oxidation sites excluding steroid dienone is 4.